The lowest BCUT2D eigenvalue weighted by atomic mass is 9.74. The van der Waals surface area contributed by atoms with Crippen LogP contribution in [0.25, 0.3) is 0 Å². The second kappa shape index (κ2) is 9.41. The van der Waals surface area contributed by atoms with Crippen molar-refractivity contribution in [3.63, 3.8) is 0 Å². The maximum atomic E-state index is 12.4. The number of hydrogen-bond acceptors (Lipinski definition) is 3. The second-order valence-electron chi connectivity index (χ2n) is 6.40. The van der Waals surface area contributed by atoms with Crippen LogP contribution in [0.2, 0.25) is 0 Å². The molecule has 156 valence electrons. The van der Waals surface area contributed by atoms with Gasteiger partial charge < -0.3 is 0 Å². The first-order valence-electron chi connectivity index (χ1n) is 8.06. The number of halogens is 8. The molecule has 2 aromatic rings. The second-order valence-corrected chi connectivity index (χ2v) is 13.9. The Kier molecular flexibility index (Phi) is 7.80. The molecule has 1 aliphatic heterocycles. The quantitative estimate of drug-likeness (QED) is 0.171. The molecule has 0 bridgehead atoms. The maximum absolute atomic E-state index is 12.4. The van der Waals surface area contributed by atoms with E-state index in [9.17, 15) is 4.79 Å². The third-order valence-electron chi connectivity index (χ3n) is 4.70. The van der Waals surface area contributed by atoms with Crippen LogP contribution in [0.4, 0.5) is 0 Å². The zero-order valence-corrected chi connectivity index (χ0v) is 27.7. The Morgan fingerprint density at radius 1 is 0.767 bits per heavy atom. The average molecular weight is 938 g/mol. The molecule has 1 aliphatic carbocycles. The number of allylic oxidation sites excluding steroid dienone is 2. The lowest BCUT2D eigenvalue weighted by molar-refractivity contribution is -0.111. The molecule has 11 heteroatoms. The fourth-order valence-electron chi connectivity index (χ4n) is 3.41. The predicted molar refractivity (Wildman–Crippen MR) is 149 cm³/mol. The summed E-state index contributed by atoms with van der Waals surface area (Å²) >= 11 is 30.2. The van der Waals surface area contributed by atoms with Crippen molar-refractivity contribution in [3.05, 3.63) is 77.3 Å². The highest BCUT2D eigenvalue weighted by atomic mass is 79.9. The number of hydrogen-bond donors (Lipinski definition) is 0. The van der Waals surface area contributed by atoms with E-state index in [1.807, 2.05) is 30.4 Å². The highest BCUT2D eigenvalue weighted by molar-refractivity contribution is 9.15. The SMILES string of the molecule is O=C1C(Br)=CC(C2(c3cc(Br)cc(Br)c3)OSc3c(Br)c(Br)c(Br)c(Br)c32)C=C1Br. The molecule has 0 saturated carbocycles. The monoisotopic (exact) mass is 929 g/mol. The number of fused-ring (bicyclic) bond motifs is 1. The number of carbonyl (C=O) groups excluding carboxylic acids is 1. The van der Waals surface area contributed by atoms with Crippen LogP contribution in [-0.2, 0) is 14.6 Å². The smallest absolute Gasteiger partial charge is 0.206 e. The molecule has 2 aliphatic rings. The zero-order chi connectivity index (χ0) is 22.0. The van der Waals surface area contributed by atoms with Gasteiger partial charge in [0, 0.05) is 50.4 Å². The van der Waals surface area contributed by atoms with Crippen LogP contribution in [-0.4, -0.2) is 5.78 Å². The van der Waals surface area contributed by atoms with Crippen LogP contribution in [0.1, 0.15) is 11.1 Å². The van der Waals surface area contributed by atoms with E-state index in [0.717, 1.165) is 42.9 Å². The van der Waals surface area contributed by atoms with Gasteiger partial charge in [-0.15, -0.1) is 0 Å². The molecule has 0 spiro atoms. The molecule has 0 amide bonds. The van der Waals surface area contributed by atoms with E-state index in [4.69, 9.17) is 4.18 Å². The lowest BCUT2D eigenvalue weighted by Crippen LogP contribution is -2.36. The first kappa shape index (κ1) is 24.9. The third kappa shape index (κ3) is 4.06. The summed E-state index contributed by atoms with van der Waals surface area (Å²) < 4.78 is 12.9. The van der Waals surface area contributed by atoms with E-state index >= 15 is 0 Å². The van der Waals surface area contributed by atoms with Crippen LogP contribution < -0.4 is 0 Å². The summed E-state index contributed by atoms with van der Waals surface area (Å²) in [6, 6.07) is 6.05. The van der Waals surface area contributed by atoms with Gasteiger partial charge in [0.2, 0.25) is 5.78 Å². The van der Waals surface area contributed by atoms with Gasteiger partial charge in [0.05, 0.1) is 13.9 Å². The van der Waals surface area contributed by atoms with Crippen molar-refractivity contribution in [1.82, 2.24) is 0 Å². The first-order valence-corrected chi connectivity index (χ1v) is 15.1. The molecule has 0 saturated heterocycles. The molecular formula is C19H6Br8O2S. The van der Waals surface area contributed by atoms with Gasteiger partial charge in [0.1, 0.15) is 5.60 Å². The van der Waals surface area contributed by atoms with Crippen molar-refractivity contribution in [2.24, 2.45) is 5.92 Å². The highest BCUT2D eigenvalue weighted by Crippen LogP contribution is 2.62. The Labute approximate surface area is 244 Å². The summed E-state index contributed by atoms with van der Waals surface area (Å²) in [7, 11) is 0. The van der Waals surface area contributed by atoms with Gasteiger partial charge in [0.15, 0.2) is 0 Å². The molecular weight excluding hydrogens is 932 g/mol. The highest BCUT2D eigenvalue weighted by Gasteiger charge is 2.52. The van der Waals surface area contributed by atoms with Crippen LogP contribution in [0.5, 0.6) is 0 Å². The Morgan fingerprint density at radius 3 is 1.87 bits per heavy atom. The molecule has 0 aromatic heterocycles. The van der Waals surface area contributed by atoms with Crippen LogP contribution >= 0.6 is 139 Å². The molecule has 1 heterocycles. The lowest BCUT2D eigenvalue weighted by Gasteiger charge is -2.36. The Hall–Kier alpha value is 1.74. The van der Waals surface area contributed by atoms with E-state index in [2.05, 4.69) is 127 Å². The van der Waals surface area contributed by atoms with E-state index in [1.165, 1.54) is 12.0 Å². The van der Waals surface area contributed by atoms with Crippen molar-refractivity contribution in [3.8, 4) is 0 Å². The standard InChI is InChI=1S/C19H6Br8O2S/c20-8-1-6(2-9(21)5-8)19(7-3-10(22)17(28)11(23)4-7)12-13(24)14(25)15(26)16(27)18(12)30-29-19/h1-5,7H. The topological polar surface area (TPSA) is 26.3 Å². The number of ketones is 1. The van der Waals surface area contributed by atoms with Gasteiger partial charge in [-0.2, -0.15) is 0 Å². The van der Waals surface area contributed by atoms with Crippen molar-refractivity contribution in [2.75, 3.05) is 0 Å². The Morgan fingerprint density at radius 2 is 1.30 bits per heavy atom. The van der Waals surface area contributed by atoms with Crippen molar-refractivity contribution in [1.29, 1.82) is 0 Å². The number of Topliss-reactive ketones (excluding diaryl/α,β-unsaturated/α-hetero) is 1. The fourth-order valence-corrected chi connectivity index (χ4v) is 9.86. The largest absolute Gasteiger partial charge is 0.293 e. The minimum absolute atomic E-state index is 0.0973. The number of rotatable bonds is 2. The summed E-state index contributed by atoms with van der Waals surface area (Å²) in [5.74, 6) is -0.370. The van der Waals surface area contributed by atoms with Crippen LogP contribution in [0.3, 0.4) is 0 Å². The van der Waals surface area contributed by atoms with E-state index in [-0.39, 0.29) is 11.7 Å². The van der Waals surface area contributed by atoms with Gasteiger partial charge >= 0.3 is 0 Å². The molecule has 0 fully saturated rings. The van der Waals surface area contributed by atoms with Crippen molar-refractivity contribution < 1.29 is 8.98 Å². The summed E-state index contributed by atoms with van der Waals surface area (Å²) in [5, 5.41) is 0. The zero-order valence-electron chi connectivity index (χ0n) is 14.2. The molecule has 2 aromatic carbocycles. The average Bonchev–Trinajstić information content (AvgIpc) is 3.09. The molecule has 1 unspecified atom stereocenters. The van der Waals surface area contributed by atoms with E-state index in [0.29, 0.717) is 8.96 Å². The van der Waals surface area contributed by atoms with Crippen LogP contribution in [0, 0.1) is 5.92 Å². The molecule has 2 nitrogen and oxygen atoms in total. The van der Waals surface area contributed by atoms with Crippen LogP contribution in [0.15, 0.2) is 71.0 Å². The van der Waals surface area contributed by atoms with Crippen molar-refractivity contribution in [2.45, 2.75) is 10.5 Å². The van der Waals surface area contributed by atoms with Gasteiger partial charge in [0.25, 0.3) is 0 Å². The third-order valence-corrected chi connectivity index (χ3v) is 12.8. The summed E-state index contributed by atoms with van der Waals surface area (Å²) in [4.78, 5) is 13.3. The normalized spacial score (nSPS) is 21.5. The first-order chi connectivity index (χ1) is 14.1. The molecule has 1 atom stereocenters. The number of carbonyl (C=O) groups is 1. The van der Waals surface area contributed by atoms with Gasteiger partial charge in [-0.05, 0) is 119 Å². The number of benzene rings is 2. The molecule has 0 radical (unpaired) electrons. The van der Waals surface area contributed by atoms with E-state index in [1.54, 1.807) is 0 Å². The molecule has 0 N–H and O–H groups in total. The van der Waals surface area contributed by atoms with Gasteiger partial charge in [-0.1, -0.05) is 44.0 Å². The van der Waals surface area contributed by atoms with Gasteiger partial charge in [-0.3, -0.25) is 8.98 Å². The minimum atomic E-state index is -0.907. The minimum Gasteiger partial charge on any atom is -0.293 e. The summed E-state index contributed by atoms with van der Waals surface area (Å²) in [6.45, 7) is 0. The fraction of sp³-hybridized carbons (Fsp3) is 0.105. The summed E-state index contributed by atoms with van der Waals surface area (Å²) in [5.41, 5.74) is 0.992. The van der Waals surface area contributed by atoms with Crippen molar-refractivity contribution >= 4 is 145 Å². The Balaban J connectivity index is 2.11. The Bertz CT molecular complexity index is 1130. The summed E-state index contributed by atoms with van der Waals surface area (Å²) in [6.07, 6.45) is 3.79. The molecule has 30 heavy (non-hydrogen) atoms. The van der Waals surface area contributed by atoms with E-state index < -0.39 is 5.60 Å². The van der Waals surface area contributed by atoms with Gasteiger partial charge in [-0.25, -0.2) is 0 Å². The molecule has 4 rings (SSSR count). The predicted octanol–water partition coefficient (Wildman–Crippen LogP) is 10.3. The maximum Gasteiger partial charge on any atom is 0.206 e.